The van der Waals surface area contributed by atoms with E-state index in [0.29, 0.717) is 5.69 Å². The lowest BCUT2D eigenvalue weighted by Crippen LogP contribution is -2.23. The van der Waals surface area contributed by atoms with E-state index >= 15 is 0 Å². The number of hydrogen-bond acceptors (Lipinski definition) is 4. The second-order valence-corrected chi connectivity index (χ2v) is 3.54. The molecule has 0 aliphatic rings. The van der Waals surface area contributed by atoms with Crippen molar-refractivity contribution in [3.05, 3.63) is 40.6 Å². The van der Waals surface area contributed by atoms with E-state index in [1.165, 1.54) is 25.4 Å². The van der Waals surface area contributed by atoms with Gasteiger partial charge in [-0.25, -0.2) is 4.68 Å². The Morgan fingerprint density at radius 1 is 1.35 bits per heavy atom. The second kappa shape index (κ2) is 4.20. The summed E-state index contributed by atoms with van der Waals surface area (Å²) in [6.07, 6.45) is 3.19. The Balaban J connectivity index is 2.20. The van der Waals surface area contributed by atoms with Gasteiger partial charge in [0, 0.05) is 26.4 Å². The first-order valence-corrected chi connectivity index (χ1v) is 4.90. The van der Waals surface area contributed by atoms with Crippen LogP contribution in [0.4, 0.5) is 5.69 Å². The molecule has 17 heavy (non-hydrogen) atoms. The van der Waals surface area contributed by atoms with Crippen LogP contribution < -0.4 is 10.9 Å². The first-order chi connectivity index (χ1) is 8.06. The number of nitrogens with zero attached hydrogens (tertiary/aromatic N) is 4. The zero-order valence-electron chi connectivity index (χ0n) is 9.41. The molecule has 0 unspecified atom stereocenters. The van der Waals surface area contributed by atoms with Crippen molar-refractivity contribution >= 4 is 11.6 Å². The molecule has 0 aromatic carbocycles. The van der Waals surface area contributed by atoms with Crippen LogP contribution >= 0.6 is 0 Å². The number of aryl methyl sites for hydroxylation is 2. The molecule has 0 saturated heterocycles. The summed E-state index contributed by atoms with van der Waals surface area (Å²) in [5.41, 5.74) is 0.493. The summed E-state index contributed by atoms with van der Waals surface area (Å²) in [6.45, 7) is 0. The van der Waals surface area contributed by atoms with Crippen molar-refractivity contribution in [3.63, 3.8) is 0 Å². The van der Waals surface area contributed by atoms with Gasteiger partial charge in [-0.1, -0.05) is 0 Å². The normalized spacial score (nSPS) is 10.2. The quantitative estimate of drug-likeness (QED) is 0.776. The summed E-state index contributed by atoms with van der Waals surface area (Å²) in [5, 5.41) is 10.4. The fraction of sp³-hybridized carbons (Fsp3) is 0.200. The van der Waals surface area contributed by atoms with E-state index in [1.54, 1.807) is 17.9 Å². The van der Waals surface area contributed by atoms with E-state index < -0.39 is 0 Å². The van der Waals surface area contributed by atoms with Gasteiger partial charge in [-0.2, -0.15) is 10.2 Å². The van der Waals surface area contributed by atoms with Gasteiger partial charge in [-0.3, -0.25) is 14.3 Å². The molecule has 0 spiro atoms. The summed E-state index contributed by atoms with van der Waals surface area (Å²) in [7, 11) is 3.24. The lowest BCUT2D eigenvalue weighted by molar-refractivity contribution is 0.102. The molecule has 2 aromatic rings. The molecule has 0 fully saturated rings. The molecule has 0 aliphatic carbocycles. The van der Waals surface area contributed by atoms with Crippen LogP contribution in [0.5, 0.6) is 0 Å². The molecule has 0 saturated carbocycles. The fourth-order valence-corrected chi connectivity index (χ4v) is 1.30. The van der Waals surface area contributed by atoms with Gasteiger partial charge < -0.3 is 5.32 Å². The van der Waals surface area contributed by atoms with Crippen LogP contribution in [0.3, 0.4) is 0 Å². The van der Waals surface area contributed by atoms with Crippen molar-refractivity contribution in [2.45, 2.75) is 0 Å². The fourth-order valence-electron chi connectivity index (χ4n) is 1.30. The summed E-state index contributed by atoms with van der Waals surface area (Å²) in [6, 6.07) is 2.68. The van der Waals surface area contributed by atoms with Crippen molar-refractivity contribution in [3.8, 4) is 0 Å². The van der Waals surface area contributed by atoms with Crippen molar-refractivity contribution in [2.75, 3.05) is 5.32 Å². The predicted molar refractivity (Wildman–Crippen MR) is 60.6 cm³/mol. The summed E-state index contributed by atoms with van der Waals surface area (Å²) in [4.78, 5) is 22.9. The lowest BCUT2D eigenvalue weighted by Gasteiger charge is -2.02. The van der Waals surface area contributed by atoms with Gasteiger partial charge >= 0.3 is 0 Å². The van der Waals surface area contributed by atoms with Crippen LogP contribution in [0.2, 0.25) is 0 Å². The minimum atomic E-state index is -0.381. The van der Waals surface area contributed by atoms with Crippen molar-refractivity contribution < 1.29 is 4.79 Å². The molecule has 2 aromatic heterocycles. The summed E-state index contributed by atoms with van der Waals surface area (Å²) >= 11 is 0. The molecule has 2 rings (SSSR count). The molecule has 0 bridgehead atoms. The molecule has 0 atom stereocenters. The van der Waals surface area contributed by atoms with Crippen LogP contribution in [0.25, 0.3) is 0 Å². The Morgan fingerprint density at radius 3 is 2.71 bits per heavy atom. The zero-order valence-corrected chi connectivity index (χ0v) is 9.41. The number of hydrogen-bond donors (Lipinski definition) is 1. The van der Waals surface area contributed by atoms with E-state index in [2.05, 4.69) is 15.5 Å². The zero-order chi connectivity index (χ0) is 12.4. The topological polar surface area (TPSA) is 81.8 Å². The van der Waals surface area contributed by atoms with Gasteiger partial charge in [0.15, 0.2) is 0 Å². The van der Waals surface area contributed by atoms with Gasteiger partial charge in [0.2, 0.25) is 0 Å². The third-order valence-corrected chi connectivity index (χ3v) is 2.16. The maximum atomic E-state index is 11.8. The Kier molecular flexibility index (Phi) is 2.73. The number of carbonyl (C=O) groups is 1. The van der Waals surface area contributed by atoms with Crippen LogP contribution in [0.15, 0.2) is 29.3 Å². The minimum Gasteiger partial charge on any atom is -0.318 e. The Labute approximate surface area is 96.7 Å². The highest BCUT2D eigenvalue weighted by atomic mass is 16.2. The Hall–Kier alpha value is -2.44. The number of anilines is 1. The van der Waals surface area contributed by atoms with Crippen LogP contribution in [0, 0.1) is 0 Å². The Morgan fingerprint density at radius 2 is 2.12 bits per heavy atom. The highest BCUT2D eigenvalue weighted by Gasteiger charge is 2.09. The van der Waals surface area contributed by atoms with Crippen molar-refractivity contribution in [1.82, 2.24) is 19.6 Å². The molecular formula is C10H11N5O2. The Bertz CT molecular complexity index is 613. The molecular weight excluding hydrogens is 222 g/mol. The van der Waals surface area contributed by atoms with Gasteiger partial charge in [0.05, 0.1) is 11.9 Å². The standard InChI is InChI=1S/C10H11N5O2/c1-14-6-7(5-11-14)12-10(17)8-3-4-9(16)15(2)13-8/h3-6H,1-2H3,(H,12,17). The number of rotatable bonds is 2. The lowest BCUT2D eigenvalue weighted by atomic mass is 10.3. The molecule has 2 heterocycles. The van der Waals surface area contributed by atoms with Crippen LogP contribution in [-0.4, -0.2) is 25.5 Å². The minimum absolute atomic E-state index is 0.177. The smallest absolute Gasteiger partial charge is 0.276 e. The van der Waals surface area contributed by atoms with E-state index in [1.807, 2.05) is 0 Å². The first kappa shape index (κ1) is 11.1. The van der Waals surface area contributed by atoms with Gasteiger partial charge in [-0.15, -0.1) is 0 Å². The predicted octanol–water partition coefficient (Wildman–Crippen LogP) is -0.234. The molecule has 0 radical (unpaired) electrons. The first-order valence-electron chi connectivity index (χ1n) is 4.90. The SMILES string of the molecule is Cn1cc(NC(=O)c2ccc(=O)n(C)n2)cn1. The van der Waals surface area contributed by atoms with E-state index in [4.69, 9.17) is 0 Å². The number of carbonyl (C=O) groups excluding carboxylic acids is 1. The van der Waals surface area contributed by atoms with Gasteiger partial charge in [0.1, 0.15) is 5.69 Å². The maximum Gasteiger partial charge on any atom is 0.276 e. The molecule has 0 aliphatic heterocycles. The molecule has 7 heteroatoms. The average Bonchev–Trinajstić information content (AvgIpc) is 2.68. The molecule has 7 nitrogen and oxygen atoms in total. The highest BCUT2D eigenvalue weighted by Crippen LogP contribution is 2.05. The third-order valence-electron chi connectivity index (χ3n) is 2.16. The number of amides is 1. The maximum absolute atomic E-state index is 11.8. The van der Waals surface area contributed by atoms with Crippen LogP contribution in [0.1, 0.15) is 10.5 Å². The van der Waals surface area contributed by atoms with E-state index in [0.717, 1.165) is 4.68 Å². The van der Waals surface area contributed by atoms with Gasteiger partial charge in [0.25, 0.3) is 11.5 Å². The monoisotopic (exact) mass is 233 g/mol. The second-order valence-electron chi connectivity index (χ2n) is 3.54. The number of nitrogens with one attached hydrogen (secondary N) is 1. The highest BCUT2D eigenvalue weighted by molar-refractivity contribution is 6.02. The van der Waals surface area contributed by atoms with E-state index in [9.17, 15) is 9.59 Å². The van der Waals surface area contributed by atoms with Crippen molar-refractivity contribution in [1.29, 1.82) is 0 Å². The van der Waals surface area contributed by atoms with Crippen molar-refractivity contribution in [2.24, 2.45) is 14.1 Å². The third kappa shape index (κ3) is 2.39. The number of aromatic nitrogens is 4. The summed E-state index contributed by atoms with van der Waals surface area (Å²) in [5.74, 6) is -0.381. The molecule has 88 valence electrons. The molecule has 1 N–H and O–H groups in total. The van der Waals surface area contributed by atoms with Crippen LogP contribution in [-0.2, 0) is 14.1 Å². The summed E-state index contributed by atoms with van der Waals surface area (Å²) < 4.78 is 2.68. The largest absolute Gasteiger partial charge is 0.318 e. The van der Waals surface area contributed by atoms with E-state index in [-0.39, 0.29) is 17.2 Å². The van der Waals surface area contributed by atoms with Gasteiger partial charge in [-0.05, 0) is 6.07 Å². The molecule has 1 amide bonds. The average molecular weight is 233 g/mol.